The third kappa shape index (κ3) is 6.36. The molecule has 0 saturated heterocycles. The number of halogens is 2. The predicted octanol–water partition coefficient (Wildman–Crippen LogP) is 2.52. The highest BCUT2D eigenvalue weighted by molar-refractivity contribution is 5.81. The summed E-state index contributed by atoms with van der Waals surface area (Å²) in [5.41, 5.74) is 0.470. The average Bonchev–Trinajstić information content (AvgIpc) is 3.18. The fourth-order valence-corrected chi connectivity index (χ4v) is 3.55. The largest absolute Gasteiger partial charge is 0.454 e. The number of carbonyl (C=O) groups is 1. The van der Waals surface area contributed by atoms with Gasteiger partial charge in [-0.15, -0.1) is 0 Å². The molecule has 0 radical (unpaired) electrons. The molecule has 1 amide bonds. The maximum absolute atomic E-state index is 12.7. The number of benzene rings is 1. The number of fused-ring (bicyclic) bond motifs is 1. The number of nitrogens with one attached hydrogen (secondary N) is 3. The van der Waals surface area contributed by atoms with Crippen LogP contribution in [0.4, 0.5) is 8.78 Å². The van der Waals surface area contributed by atoms with Crippen molar-refractivity contribution in [2.24, 2.45) is 4.99 Å². The zero-order valence-corrected chi connectivity index (χ0v) is 17.0. The summed E-state index contributed by atoms with van der Waals surface area (Å²) >= 11 is 0. The van der Waals surface area contributed by atoms with Gasteiger partial charge in [-0.05, 0) is 18.9 Å². The maximum Gasteiger partial charge on any atom is 0.387 e. The molecule has 0 spiro atoms. The first-order valence-electron chi connectivity index (χ1n) is 10.2. The van der Waals surface area contributed by atoms with Crippen LogP contribution in [-0.4, -0.2) is 44.9 Å². The Morgan fingerprint density at radius 3 is 2.63 bits per heavy atom. The van der Waals surface area contributed by atoms with Gasteiger partial charge in [-0.2, -0.15) is 8.78 Å². The van der Waals surface area contributed by atoms with Crippen LogP contribution in [0, 0.1) is 0 Å². The Bertz CT molecular complexity index is 755. The highest BCUT2D eigenvalue weighted by atomic mass is 19.3. The van der Waals surface area contributed by atoms with Crippen molar-refractivity contribution in [3.8, 4) is 17.2 Å². The summed E-state index contributed by atoms with van der Waals surface area (Å²) in [5, 5.41) is 9.15. The van der Waals surface area contributed by atoms with Crippen molar-refractivity contribution in [1.29, 1.82) is 0 Å². The van der Waals surface area contributed by atoms with Gasteiger partial charge in [0.05, 0.1) is 0 Å². The second-order valence-corrected chi connectivity index (χ2v) is 7.20. The lowest BCUT2D eigenvalue weighted by Gasteiger charge is -2.22. The minimum absolute atomic E-state index is 0.00376. The van der Waals surface area contributed by atoms with Gasteiger partial charge in [-0.25, -0.2) is 0 Å². The summed E-state index contributed by atoms with van der Waals surface area (Å²) in [6, 6.07) is 3.26. The number of alkyl halides is 2. The van der Waals surface area contributed by atoms with Crippen LogP contribution in [0.25, 0.3) is 0 Å². The maximum atomic E-state index is 12.7. The van der Waals surface area contributed by atoms with E-state index >= 15 is 0 Å². The van der Waals surface area contributed by atoms with Crippen LogP contribution >= 0.6 is 0 Å². The first kappa shape index (κ1) is 21.9. The second-order valence-electron chi connectivity index (χ2n) is 7.20. The monoisotopic (exact) mass is 426 g/mol. The molecule has 1 saturated carbocycles. The van der Waals surface area contributed by atoms with E-state index < -0.39 is 6.61 Å². The van der Waals surface area contributed by atoms with Crippen LogP contribution in [0.2, 0.25) is 0 Å². The van der Waals surface area contributed by atoms with E-state index in [1.54, 1.807) is 13.1 Å². The summed E-state index contributed by atoms with van der Waals surface area (Å²) in [4.78, 5) is 16.2. The second kappa shape index (κ2) is 10.8. The molecule has 8 nitrogen and oxygen atoms in total. The number of hydrogen-bond acceptors (Lipinski definition) is 5. The zero-order valence-electron chi connectivity index (χ0n) is 17.0. The number of rotatable bonds is 8. The Balaban J connectivity index is 1.47. The van der Waals surface area contributed by atoms with Gasteiger partial charge in [-0.3, -0.25) is 9.79 Å². The van der Waals surface area contributed by atoms with Crippen molar-refractivity contribution >= 4 is 11.9 Å². The van der Waals surface area contributed by atoms with Crippen molar-refractivity contribution in [2.45, 2.75) is 57.7 Å². The van der Waals surface area contributed by atoms with Gasteiger partial charge in [0.2, 0.25) is 12.7 Å². The number of hydrogen-bond donors (Lipinski definition) is 3. The van der Waals surface area contributed by atoms with Gasteiger partial charge in [0.15, 0.2) is 17.5 Å². The molecule has 1 aromatic rings. The first-order valence-corrected chi connectivity index (χ1v) is 10.2. The highest BCUT2D eigenvalue weighted by Crippen LogP contribution is 2.38. The Labute approximate surface area is 174 Å². The minimum atomic E-state index is -2.95. The summed E-state index contributed by atoms with van der Waals surface area (Å²) in [6.45, 7) is -2.34. The number of nitrogens with zero attached hydrogens (tertiary/aromatic N) is 1. The van der Waals surface area contributed by atoms with Gasteiger partial charge < -0.3 is 30.2 Å². The van der Waals surface area contributed by atoms with E-state index in [9.17, 15) is 13.6 Å². The molecule has 1 heterocycles. The summed E-state index contributed by atoms with van der Waals surface area (Å²) in [5.74, 6) is 1.29. The van der Waals surface area contributed by atoms with Gasteiger partial charge in [0.25, 0.3) is 0 Å². The Morgan fingerprint density at radius 1 is 1.20 bits per heavy atom. The molecule has 1 aromatic carbocycles. The van der Waals surface area contributed by atoms with Crippen LogP contribution in [0.3, 0.4) is 0 Å². The van der Waals surface area contributed by atoms with E-state index in [-0.39, 0.29) is 31.0 Å². The van der Waals surface area contributed by atoms with Crippen molar-refractivity contribution in [3.63, 3.8) is 0 Å². The molecular weight excluding hydrogens is 398 g/mol. The van der Waals surface area contributed by atoms with Gasteiger partial charge >= 0.3 is 6.61 Å². The smallest absolute Gasteiger partial charge is 0.387 e. The number of aliphatic imine (C=N–C) groups is 1. The molecule has 30 heavy (non-hydrogen) atoms. The van der Waals surface area contributed by atoms with Gasteiger partial charge in [0, 0.05) is 44.2 Å². The lowest BCUT2D eigenvalue weighted by Crippen LogP contribution is -2.41. The standard InChI is InChI=1S/C20H28F2N4O4/c1-23-20(24-8-7-18(27)26-14-5-3-2-4-6-14)25-11-13-9-16-17(29-12-28-16)10-15(13)30-19(21)22/h9-10,14,19H,2-8,11-12H2,1H3,(H,26,27)(H2,23,24,25). The topological polar surface area (TPSA) is 93.2 Å². The van der Waals surface area contributed by atoms with E-state index in [0.717, 1.165) is 25.7 Å². The van der Waals surface area contributed by atoms with Crippen LogP contribution < -0.4 is 30.2 Å². The van der Waals surface area contributed by atoms with Crippen molar-refractivity contribution in [3.05, 3.63) is 17.7 Å². The van der Waals surface area contributed by atoms with Crippen molar-refractivity contribution < 1.29 is 27.8 Å². The van der Waals surface area contributed by atoms with Crippen LogP contribution in [0.5, 0.6) is 17.2 Å². The molecule has 0 atom stereocenters. The Kier molecular flexibility index (Phi) is 7.92. The zero-order chi connectivity index (χ0) is 21.3. The van der Waals surface area contributed by atoms with Crippen LogP contribution in [0.1, 0.15) is 44.1 Å². The molecular formula is C20H28F2N4O4. The quantitative estimate of drug-likeness (QED) is 0.437. The van der Waals surface area contributed by atoms with E-state index in [1.807, 2.05) is 0 Å². The molecule has 3 rings (SSSR count). The third-order valence-corrected chi connectivity index (χ3v) is 5.06. The molecule has 1 fully saturated rings. The molecule has 3 N–H and O–H groups in total. The molecule has 0 unspecified atom stereocenters. The van der Waals surface area contributed by atoms with Gasteiger partial charge in [-0.1, -0.05) is 19.3 Å². The normalized spacial score (nSPS) is 16.5. The van der Waals surface area contributed by atoms with Crippen molar-refractivity contribution in [1.82, 2.24) is 16.0 Å². The minimum Gasteiger partial charge on any atom is -0.454 e. The third-order valence-electron chi connectivity index (χ3n) is 5.06. The van der Waals surface area contributed by atoms with Gasteiger partial charge in [0.1, 0.15) is 5.75 Å². The molecule has 0 aromatic heterocycles. The van der Waals surface area contributed by atoms with E-state index in [1.165, 1.54) is 12.5 Å². The summed E-state index contributed by atoms with van der Waals surface area (Å²) in [7, 11) is 1.59. The SMILES string of the molecule is CN=C(NCCC(=O)NC1CCCCC1)NCc1cc2c(cc1OC(F)F)OCO2. The Hall–Kier alpha value is -2.78. The molecule has 166 valence electrons. The number of amides is 1. The molecule has 0 bridgehead atoms. The van der Waals surface area contributed by atoms with Crippen LogP contribution in [-0.2, 0) is 11.3 Å². The molecule has 2 aliphatic rings. The van der Waals surface area contributed by atoms with Crippen molar-refractivity contribution in [2.75, 3.05) is 20.4 Å². The first-order chi connectivity index (χ1) is 14.5. The number of guanidine groups is 1. The molecule has 1 aliphatic carbocycles. The predicted molar refractivity (Wildman–Crippen MR) is 107 cm³/mol. The molecule has 1 aliphatic heterocycles. The average molecular weight is 426 g/mol. The van der Waals surface area contributed by atoms with E-state index in [4.69, 9.17) is 9.47 Å². The fraction of sp³-hybridized carbons (Fsp3) is 0.600. The number of carbonyl (C=O) groups excluding carboxylic acids is 1. The fourth-order valence-electron chi connectivity index (χ4n) is 3.55. The van der Waals surface area contributed by atoms with Crippen LogP contribution in [0.15, 0.2) is 17.1 Å². The molecule has 10 heteroatoms. The number of ether oxygens (including phenoxy) is 3. The van der Waals surface area contributed by atoms with E-state index in [2.05, 4.69) is 25.7 Å². The lowest BCUT2D eigenvalue weighted by molar-refractivity contribution is -0.121. The van der Waals surface area contributed by atoms with E-state index in [0.29, 0.717) is 36.0 Å². The summed E-state index contributed by atoms with van der Waals surface area (Å²) in [6.07, 6.45) is 5.97. The lowest BCUT2D eigenvalue weighted by atomic mass is 9.95. The highest BCUT2D eigenvalue weighted by Gasteiger charge is 2.20. The Morgan fingerprint density at radius 2 is 1.93 bits per heavy atom. The summed E-state index contributed by atoms with van der Waals surface area (Å²) < 4.78 is 40.6.